The normalized spacial score (nSPS) is 14.5. The zero-order chi connectivity index (χ0) is 31.7. The van der Waals surface area contributed by atoms with Crippen LogP contribution in [0.4, 0.5) is 0 Å². The molecule has 4 N–H and O–H groups in total. The quantitative estimate of drug-likeness (QED) is 0.247. The van der Waals surface area contributed by atoms with E-state index in [2.05, 4.69) is 10.6 Å². The first-order chi connectivity index (χ1) is 18.8. The number of nitrogens with zero attached hydrogens (tertiary/aromatic N) is 1. The number of likely N-dealkylation sites (N-methyl/N-ethyl adjacent to an activating group) is 1. The summed E-state index contributed by atoms with van der Waals surface area (Å²) in [5.41, 5.74) is 0.131. The largest absolute Gasteiger partial charge is 0.481 e. The predicted octanol–water partition coefficient (Wildman–Crippen LogP) is 3.75. The zero-order valence-corrected chi connectivity index (χ0v) is 25.8. The molecule has 10 nitrogen and oxygen atoms in total. The summed E-state index contributed by atoms with van der Waals surface area (Å²) < 4.78 is 0. The average molecular weight is 574 g/mol. The molecule has 0 heterocycles. The summed E-state index contributed by atoms with van der Waals surface area (Å²) in [4.78, 5) is 63.7. The second-order valence-electron chi connectivity index (χ2n) is 12.6. The third-order valence-electron chi connectivity index (χ3n) is 7.08. The number of carboxylic acid groups (broad SMARTS) is 2. The number of aliphatic carboxylic acids is 2. The van der Waals surface area contributed by atoms with Crippen molar-refractivity contribution < 1.29 is 34.2 Å². The van der Waals surface area contributed by atoms with Gasteiger partial charge in [-0.2, -0.15) is 0 Å². The summed E-state index contributed by atoms with van der Waals surface area (Å²) in [7, 11) is 1.61. The molecule has 0 aliphatic rings. The van der Waals surface area contributed by atoms with Gasteiger partial charge in [0.25, 0.3) is 0 Å². The number of hydrogen-bond donors (Lipinski definition) is 4. The molecule has 10 heteroatoms. The number of amides is 3. The van der Waals surface area contributed by atoms with Gasteiger partial charge in [-0.25, -0.2) is 4.79 Å². The van der Waals surface area contributed by atoms with Crippen LogP contribution in [0.3, 0.4) is 0 Å². The Morgan fingerprint density at radius 2 is 1.51 bits per heavy atom. The SMILES string of the molecule is C/C(=C\C(C(C)C)N(C)C(=O)[C@@H](NC(=O)CC(C)(C)c1ccccc1)C(C)(C)C)C(=O)N[C@H](CCC(=O)O)C(=O)O. The maximum Gasteiger partial charge on any atom is 0.326 e. The number of hydrogen-bond acceptors (Lipinski definition) is 5. The lowest BCUT2D eigenvalue weighted by Crippen LogP contribution is -2.56. The highest BCUT2D eigenvalue weighted by Crippen LogP contribution is 2.28. The highest BCUT2D eigenvalue weighted by Gasteiger charge is 2.38. The fourth-order valence-corrected chi connectivity index (χ4v) is 4.48. The Balaban J connectivity index is 3.14. The van der Waals surface area contributed by atoms with Crippen LogP contribution in [0, 0.1) is 11.3 Å². The standard InChI is InChI=1S/C31H47N3O7/c1-19(2)23(17-20(3)27(38)32-22(29(40)41)15-16-25(36)37)34(9)28(39)26(30(4,5)6)33-24(35)18-31(7,8)21-13-11-10-12-14-21/h10-14,17,19,22-23,26H,15-16,18H2,1-9H3,(H,32,38)(H,33,35)(H,36,37)(H,40,41)/b20-17+/t22-,23?,26-/m1/s1. The number of carboxylic acids is 2. The molecule has 228 valence electrons. The van der Waals surface area contributed by atoms with Crippen molar-refractivity contribution in [2.75, 3.05) is 7.05 Å². The Hall–Kier alpha value is -3.69. The highest BCUT2D eigenvalue weighted by atomic mass is 16.4. The number of nitrogens with one attached hydrogen (secondary N) is 2. The van der Waals surface area contributed by atoms with E-state index < -0.39 is 53.2 Å². The van der Waals surface area contributed by atoms with Gasteiger partial charge in [0, 0.05) is 25.5 Å². The first-order valence-electron chi connectivity index (χ1n) is 13.8. The molecule has 3 atom stereocenters. The van der Waals surface area contributed by atoms with E-state index in [0.717, 1.165) is 5.56 Å². The van der Waals surface area contributed by atoms with Crippen molar-refractivity contribution in [1.82, 2.24) is 15.5 Å². The lowest BCUT2D eigenvalue weighted by molar-refractivity contribution is -0.142. The smallest absolute Gasteiger partial charge is 0.326 e. The van der Waals surface area contributed by atoms with Gasteiger partial charge in [0.05, 0.1) is 6.04 Å². The van der Waals surface area contributed by atoms with Crippen LogP contribution < -0.4 is 10.6 Å². The van der Waals surface area contributed by atoms with Gasteiger partial charge in [-0.3, -0.25) is 19.2 Å². The number of rotatable bonds is 14. The number of benzene rings is 1. The van der Waals surface area contributed by atoms with Crippen molar-refractivity contribution >= 4 is 29.7 Å². The van der Waals surface area contributed by atoms with Crippen LogP contribution in [0.5, 0.6) is 0 Å². The minimum Gasteiger partial charge on any atom is -0.481 e. The summed E-state index contributed by atoms with van der Waals surface area (Å²) in [6.07, 6.45) is 1.10. The summed E-state index contributed by atoms with van der Waals surface area (Å²) in [5, 5.41) is 23.6. The van der Waals surface area contributed by atoms with Crippen LogP contribution in [-0.4, -0.2) is 69.9 Å². The van der Waals surface area contributed by atoms with Gasteiger partial charge in [0.1, 0.15) is 12.1 Å². The molecule has 0 spiro atoms. The maximum atomic E-state index is 13.8. The lowest BCUT2D eigenvalue weighted by atomic mass is 9.80. The van der Waals surface area contributed by atoms with E-state index >= 15 is 0 Å². The van der Waals surface area contributed by atoms with Crippen LogP contribution in [0.25, 0.3) is 0 Å². The van der Waals surface area contributed by atoms with E-state index in [1.54, 1.807) is 13.1 Å². The molecule has 0 saturated heterocycles. The zero-order valence-electron chi connectivity index (χ0n) is 25.8. The van der Waals surface area contributed by atoms with Gasteiger partial charge in [-0.05, 0) is 35.7 Å². The third kappa shape index (κ3) is 11.0. The first kappa shape index (κ1) is 35.3. The third-order valence-corrected chi connectivity index (χ3v) is 7.08. The summed E-state index contributed by atoms with van der Waals surface area (Å²) >= 11 is 0. The van der Waals surface area contributed by atoms with Crippen LogP contribution >= 0.6 is 0 Å². The van der Waals surface area contributed by atoms with Gasteiger partial charge in [0.15, 0.2) is 0 Å². The van der Waals surface area contributed by atoms with Crippen molar-refractivity contribution in [3.05, 3.63) is 47.5 Å². The molecule has 41 heavy (non-hydrogen) atoms. The molecule has 0 saturated carbocycles. The maximum absolute atomic E-state index is 13.8. The van der Waals surface area contributed by atoms with Crippen LogP contribution in [0.15, 0.2) is 42.0 Å². The topological polar surface area (TPSA) is 153 Å². The molecular formula is C31H47N3O7. The van der Waals surface area contributed by atoms with Crippen LogP contribution in [0.1, 0.15) is 80.2 Å². The summed E-state index contributed by atoms with van der Waals surface area (Å²) in [6.45, 7) is 14.8. The van der Waals surface area contributed by atoms with E-state index in [4.69, 9.17) is 5.11 Å². The van der Waals surface area contributed by atoms with Gasteiger partial charge >= 0.3 is 11.9 Å². The van der Waals surface area contributed by atoms with Gasteiger partial charge in [0.2, 0.25) is 17.7 Å². The molecular weight excluding hydrogens is 526 g/mol. The Morgan fingerprint density at radius 3 is 1.98 bits per heavy atom. The van der Waals surface area contributed by atoms with Crippen molar-refractivity contribution in [3.8, 4) is 0 Å². The molecule has 0 fully saturated rings. The van der Waals surface area contributed by atoms with E-state index in [1.165, 1.54) is 11.8 Å². The van der Waals surface area contributed by atoms with Gasteiger partial charge in [-0.15, -0.1) is 0 Å². The molecule has 0 aliphatic carbocycles. The molecule has 0 bridgehead atoms. The van der Waals surface area contributed by atoms with Crippen molar-refractivity contribution in [2.24, 2.45) is 11.3 Å². The summed E-state index contributed by atoms with van der Waals surface area (Å²) in [5.74, 6) is -3.87. The van der Waals surface area contributed by atoms with Gasteiger partial charge < -0.3 is 25.7 Å². The molecule has 0 radical (unpaired) electrons. The second-order valence-corrected chi connectivity index (χ2v) is 12.6. The minimum absolute atomic E-state index is 0.123. The molecule has 0 aliphatic heterocycles. The Bertz CT molecular complexity index is 1120. The Kier molecular flexibility index (Phi) is 12.8. The first-order valence-corrected chi connectivity index (χ1v) is 13.8. The molecule has 1 aromatic carbocycles. The summed E-state index contributed by atoms with van der Waals surface area (Å²) in [6, 6.07) is 6.95. The van der Waals surface area contributed by atoms with E-state index in [9.17, 15) is 29.1 Å². The Labute approximate surface area is 243 Å². The Morgan fingerprint density at radius 1 is 0.951 bits per heavy atom. The average Bonchev–Trinajstić information content (AvgIpc) is 2.86. The fourth-order valence-electron chi connectivity index (χ4n) is 4.48. The van der Waals surface area contributed by atoms with Crippen molar-refractivity contribution in [1.29, 1.82) is 0 Å². The lowest BCUT2D eigenvalue weighted by Gasteiger charge is -2.38. The second kappa shape index (κ2) is 14.8. The number of carbonyl (C=O) groups is 5. The molecule has 3 amide bonds. The number of carbonyl (C=O) groups excluding carboxylic acids is 3. The van der Waals surface area contributed by atoms with Crippen LogP contribution in [0.2, 0.25) is 0 Å². The van der Waals surface area contributed by atoms with Crippen molar-refractivity contribution in [3.63, 3.8) is 0 Å². The molecule has 1 rings (SSSR count). The molecule has 0 aromatic heterocycles. The van der Waals surface area contributed by atoms with Crippen LogP contribution in [-0.2, 0) is 29.4 Å². The predicted molar refractivity (Wildman–Crippen MR) is 157 cm³/mol. The molecule has 1 aromatic rings. The van der Waals surface area contributed by atoms with Gasteiger partial charge in [-0.1, -0.05) is 84.9 Å². The van der Waals surface area contributed by atoms with E-state index in [-0.39, 0.29) is 36.1 Å². The highest BCUT2D eigenvalue weighted by molar-refractivity contribution is 5.96. The minimum atomic E-state index is -1.36. The monoisotopic (exact) mass is 573 g/mol. The fraction of sp³-hybridized carbons (Fsp3) is 0.581. The molecule has 1 unspecified atom stereocenters. The van der Waals surface area contributed by atoms with Crippen molar-refractivity contribution in [2.45, 2.75) is 98.2 Å². The van der Waals surface area contributed by atoms with E-state index in [0.29, 0.717) is 0 Å². The van der Waals surface area contributed by atoms with E-state index in [1.807, 2.05) is 78.8 Å².